The first-order valence-electron chi connectivity index (χ1n) is 13.4. The van der Waals surface area contributed by atoms with Crippen molar-refractivity contribution >= 4 is 23.0 Å². The minimum absolute atomic E-state index is 0.111. The second-order valence-electron chi connectivity index (χ2n) is 9.74. The van der Waals surface area contributed by atoms with Crippen LogP contribution in [0.15, 0.2) is 91.3 Å². The van der Waals surface area contributed by atoms with Crippen molar-refractivity contribution in [3.63, 3.8) is 0 Å². The fraction of sp³-hybridized carbons (Fsp3) is 0.290. The van der Waals surface area contributed by atoms with Crippen LogP contribution in [0.3, 0.4) is 0 Å². The third-order valence-electron chi connectivity index (χ3n) is 7.33. The summed E-state index contributed by atoms with van der Waals surface area (Å²) in [7, 11) is 0. The van der Waals surface area contributed by atoms with Gasteiger partial charge in [-0.2, -0.15) is 0 Å². The molecule has 1 aliphatic carbocycles. The van der Waals surface area contributed by atoms with E-state index in [1.165, 1.54) is 12.8 Å². The maximum absolute atomic E-state index is 6.22. The average Bonchev–Trinajstić information content (AvgIpc) is 3.71. The van der Waals surface area contributed by atoms with Crippen molar-refractivity contribution < 1.29 is 9.47 Å². The first-order valence-corrected chi connectivity index (χ1v) is 13.8. The molecular weight excluding hydrogens is 492 g/mol. The van der Waals surface area contributed by atoms with Crippen molar-refractivity contribution in [1.82, 2.24) is 14.9 Å². The SMILES string of the molecule is CCOc1ccc(-n2cccc2[C@@H]2[C@@H](c3ccccn3)NC(=S)N2c2ccc(OC3CCCC3)cc2)cc1. The smallest absolute Gasteiger partial charge is 0.174 e. The van der Waals surface area contributed by atoms with Gasteiger partial charge < -0.3 is 24.3 Å². The average molecular weight is 525 g/mol. The van der Waals surface area contributed by atoms with Crippen LogP contribution in [0.25, 0.3) is 5.69 Å². The van der Waals surface area contributed by atoms with E-state index in [1.807, 2.05) is 37.4 Å². The van der Waals surface area contributed by atoms with Gasteiger partial charge in [-0.3, -0.25) is 4.98 Å². The highest BCUT2D eigenvalue weighted by atomic mass is 32.1. The largest absolute Gasteiger partial charge is 0.494 e. The Balaban J connectivity index is 1.37. The van der Waals surface area contributed by atoms with Crippen LogP contribution in [0.5, 0.6) is 11.5 Å². The lowest BCUT2D eigenvalue weighted by Gasteiger charge is -2.29. The van der Waals surface area contributed by atoms with Crippen LogP contribution in [0.1, 0.15) is 56.1 Å². The Bertz CT molecular complexity index is 1370. The molecule has 2 aliphatic rings. The molecule has 0 radical (unpaired) electrons. The first-order chi connectivity index (χ1) is 18.7. The normalized spacial score (nSPS) is 19.5. The highest BCUT2D eigenvalue weighted by molar-refractivity contribution is 7.80. The maximum Gasteiger partial charge on any atom is 0.174 e. The van der Waals surface area contributed by atoms with Crippen molar-refractivity contribution in [1.29, 1.82) is 0 Å². The molecule has 3 heterocycles. The van der Waals surface area contributed by atoms with Gasteiger partial charge in [0.15, 0.2) is 5.11 Å². The van der Waals surface area contributed by atoms with Gasteiger partial charge in [0.1, 0.15) is 17.5 Å². The third-order valence-corrected chi connectivity index (χ3v) is 7.64. The van der Waals surface area contributed by atoms with E-state index in [9.17, 15) is 0 Å². The Morgan fingerprint density at radius 2 is 1.63 bits per heavy atom. The Morgan fingerprint density at radius 1 is 0.895 bits per heavy atom. The standard InChI is InChI=1S/C31H32N4O2S/c1-2-36-24-16-12-22(13-17-24)34-21-7-11-28(34)30-29(27-10-5-6-20-32-27)33-31(38)35(30)23-14-18-26(19-15-23)37-25-8-3-4-9-25/h5-7,10-21,25,29-30H,2-4,8-9H2,1H3,(H,33,38)/t29-,30-/m1/s1. The molecule has 7 heteroatoms. The quantitative estimate of drug-likeness (QED) is 0.257. The number of rotatable bonds is 8. The minimum atomic E-state index is -0.116. The van der Waals surface area contributed by atoms with Crippen LogP contribution in [-0.2, 0) is 0 Å². The lowest BCUT2D eigenvalue weighted by Crippen LogP contribution is -2.30. The number of anilines is 1. The summed E-state index contributed by atoms with van der Waals surface area (Å²) < 4.78 is 14.1. The van der Waals surface area contributed by atoms with Crippen LogP contribution in [0.4, 0.5) is 5.69 Å². The van der Waals surface area contributed by atoms with Gasteiger partial charge in [-0.25, -0.2) is 0 Å². The second-order valence-corrected chi connectivity index (χ2v) is 10.1. The van der Waals surface area contributed by atoms with E-state index in [0.717, 1.165) is 47.1 Å². The molecule has 0 spiro atoms. The number of ether oxygens (including phenoxy) is 2. The van der Waals surface area contributed by atoms with E-state index in [0.29, 0.717) is 17.8 Å². The van der Waals surface area contributed by atoms with E-state index in [2.05, 4.69) is 75.6 Å². The maximum atomic E-state index is 6.22. The fourth-order valence-electron chi connectivity index (χ4n) is 5.56. The number of hydrogen-bond donors (Lipinski definition) is 1. The fourth-order valence-corrected chi connectivity index (χ4v) is 5.90. The molecule has 1 N–H and O–H groups in total. The Kier molecular flexibility index (Phi) is 7.01. The van der Waals surface area contributed by atoms with Crippen LogP contribution in [0, 0.1) is 0 Å². The minimum Gasteiger partial charge on any atom is -0.494 e. The van der Waals surface area contributed by atoms with E-state index in [1.54, 1.807) is 0 Å². The molecule has 38 heavy (non-hydrogen) atoms. The highest BCUT2D eigenvalue weighted by Crippen LogP contribution is 2.42. The van der Waals surface area contributed by atoms with Gasteiger partial charge in [0, 0.05) is 29.5 Å². The zero-order chi connectivity index (χ0) is 25.9. The Morgan fingerprint density at radius 3 is 2.34 bits per heavy atom. The molecule has 1 saturated carbocycles. The molecule has 4 aromatic rings. The summed E-state index contributed by atoms with van der Waals surface area (Å²) in [5, 5.41) is 4.24. The van der Waals surface area contributed by atoms with Gasteiger partial charge in [0.05, 0.1) is 24.4 Å². The van der Waals surface area contributed by atoms with Gasteiger partial charge in [0.2, 0.25) is 0 Å². The summed E-state index contributed by atoms with van der Waals surface area (Å²) in [6, 6.07) is 26.6. The molecule has 0 amide bonds. The van der Waals surface area contributed by atoms with Crippen molar-refractivity contribution in [3.8, 4) is 17.2 Å². The van der Waals surface area contributed by atoms with Gasteiger partial charge in [-0.05, 0) is 118 Å². The molecule has 194 valence electrons. The van der Waals surface area contributed by atoms with Gasteiger partial charge in [0.25, 0.3) is 0 Å². The van der Waals surface area contributed by atoms with Crippen LogP contribution >= 0.6 is 12.2 Å². The molecule has 2 atom stereocenters. The molecule has 1 aliphatic heterocycles. The first kappa shape index (κ1) is 24.5. The Labute approximate surface area is 229 Å². The van der Waals surface area contributed by atoms with E-state index < -0.39 is 0 Å². The third kappa shape index (κ3) is 4.86. The van der Waals surface area contributed by atoms with E-state index in [4.69, 9.17) is 26.7 Å². The number of pyridine rings is 1. The number of nitrogens with zero attached hydrogens (tertiary/aromatic N) is 3. The molecule has 0 bridgehead atoms. The molecule has 2 aromatic heterocycles. The zero-order valence-electron chi connectivity index (χ0n) is 21.5. The number of thiocarbonyl (C=S) groups is 1. The summed E-state index contributed by atoms with van der Waals surface area (Å²) in [6.07, 6.45) is 9.03. The summed E-state index contributed by atoms with van der Waals surface area (Å²) >= 11 is 5.94. The molecule has 6 nitrogen and oxygen atoms in total. The summed E-state index contributed by atoms with van der Waals surface area (Å²) in [6.45, 7) is 2.64. The van der Waals surface area contributed by atoms with Crippen LogP contribution in [0.2, 0.25) is 0 Å². The monoisotopic (exact) mass is 524 g/mol. The van der Waals surface area contributed by atoms with Crippen molar-refractivity contribution in [3.05, 3.63) is 103 Å². The molecule has 2 fully saturated rings. The molecular formula is C31H32N4O2S. The topological polar surface area (TPSA) is 51.5 Å². The molecule has 6 rings (SSSR count). The lowest BCUT2D eigenvalue weighted by atomic mass is 10.0. The van der Waals surface area contributed by atoms with Gasteiger partial charge >= 0.3 is 0 Å². The van der Waals surface area contributed by atoms with Crippen molar-refractivity contribution in [2.24, 2.45) is 0 Å². The number of benzene rings is 2. The van der Waals surface area contributed by atoms with Gasteiger partial charge in [-0.1, -0.05) is 6.07 Å². The molecule has 0 unspecified atom stereocenters. The number of aromatic nitrogens is 2. The van der Waals surface area contributed by atoms with E-state index in [-0.39, 0.29) is 12.1 Å². The number of nitrogens with one attached hydrogen (secondary N) is 1. The predicted octanol–water partition coefficient (Wildman–Crippen LogP) is 6.77. The summed E-state index contributed by atoms with van der Waals surface area (Å²) in [5.74, 6) is 1.77. The predicted molar refractivity (Wildman–Crippen MR) is 154 cm³/mol. The Hall–Kier alpha value is -3.84. The summed E-state index contributed by atoms with van der Waals surface area (Å²) in [5.41, 5.74) is 4.14. The van der Waals surface area contributed by atoms with Crippen LogP contribution in [-0.4, -0.2) is 27.4 Å². The van der Waals surface area contributed by atoms with Crippen LogP contribution < -0.4 is 19.7 Å². The van der Waals surface area contributed by atoms with Crippen molar-refractivity contribution in [2.75, 3.05) is 11.5 Å². The zero-order valence-corrected chi connectivity index (χ0v) is 22.3. The van der Waals surface area contributed by atoms with Crippen molar-refractivity contribution in [2.45, 2.75) is 50.8 Å². The molecule has 1 saturated heterocycles. The van der Waals surface area contributed by atoms with E-state index >= 15 is 0 Å². The lowest BCUT2D eigenvalue weighted by molar-refractivity contribution is 0.210. The van der Waals surface area contributed by atoms with Gasteiger partial charge in [-0.15, -0.1) is 0 Å². The second kappa shape index (κ2) is 10.9. The summed E-state index contributed by atoms with van der Waals surface area (Å²) in [4.78, 5) is 6.90. The molecule has 2 aromatic carbocycles. The number of hydrogen-bond acceptors (Lipinski definition) is 4. The highest BCUT2D eigenvalue weighted by Gasteiger charge is 2.42.